The van der Waals surface area contributed by atoms with E-state index >= 15 is 0 Å². The zero-order chi connectivity index (χ0) is 20.3. The van der Waals surface area contributed by atoms with Crippen molar-refractivity contribution in [3.05, 3.63) is 29.8 Å². The Hall–Kier alpha value is -1.07. The maximum absolute atomic E-state index is 12.5. The summed E-state index contributed by atoms with van der Waals surface area (Å²) in [6.45, 7) is 8.83. The van der Waals surface area contributed by atoms with Crippen molar-refractivity contribution in [2.24, 2.45) is 0 Å². The molecule has 0 bridgehead atoms. The molecule has 5 atom stereocenters. The third kappa shape index (κ3) is 3.85. The highest BCUT2D eigenvalue weighted by Gasteiger charge is 2.60. The van der Waals surface area contributed by atoms with E-state index in [0.717, 1.165) is 5.56 Å². The first kappa shape index (κ1) is 20.2. The number of aryl methyl sites for hydroxylation is 1. The first-order valence-electron chi connectivity index (χ1n) is 9.29. The predicted molar refractivity (Wildman–Crippen MR) is 96.8 cm³/mol. The molecule has 0 amide bonds. The number of benzene rings is 1. The molecule has 0 unspecified atom stereocenters. The van der Waals surface area contributed by atoms with E-state index < -0.39 is 52.4 Å². The third-order valence-electron chi connectivity index (χ3n) is 4.95. The van der Waals surface area contributed by atoms with Crippen molar-refractivity contribution in [3.8, 4) is 0 Å². The average Bonchev–Trinajstić information content (AvgIpc) is 3.07. The quantitative estimate of drug-likeness (QED) is 0.692. The Labute approximate surface area is 165 Å². The van der Waals surface area contributed by atoms with Crippen LogP contribution in [-0.2, 0) is 38.0 Å². The summed E-state index contributed by atoms with van der Waals surface area (Å²) in [5, 5.41) is 0. The van der Waals surface area contributed by atoms with Crippen molar-refractivity contribution < 1.29 is 36.3 Å². The molecule has 0 N–H and O–H groups in total. The van der Waals surface area contributed by atoms with E-state index in [2.05, 4.69) is 0 Å². The van der Waals surface area contributed by atoms with Gasteiger partial charge in [-0.05, 0) is 46.8 Å². The predicted octanol–water partition coefficient (Wildman–Crippen LogP) is 2.10. The molecule has 4 rings (SSSR count). The van der Waals surface area contributed by atoms with Crippen molar-refractivity contribution in [1.29, 1.82) is 0 Å². The van der Waals surface area contributed by atoms with Gasteiger partial charge >= 0.3 is 0 Å². The van der Waals surface area contributed by atoms with Gasteiger partial charge in [0.2, 0.25) is 0 Å². The second-order valence-corrected chi connectivity index (χ2v) is 9.87. The Bertz CT molecular complexity index is 832. The Kier molecular flexibility index (Phi) is 4.86. The van der Waals surface area contributed by atoms with E-state index in [4.69, 9.17) is 27.9 Å². The van der Waals surface area contributed by atoms with E-state index in [-0.39, 0.29) is 11.5 Å². The fourth-order valence-corrected chi connectivity index (χ4v) is 4.68. The van der Waals surface area contributed by atoms with Crippen LogP contribution < -0.4 is 0 Å². The third-order valence-corrected chi connectivity index (χ3v) is 6.24. The summed E-state index contributed by atoms with van der Waals surface area (Å²) >= 11 is 0. The molecule has 1 aromatic rings. The molecule has 3 aliphatic heterocycles. The summed E-state index contributed by atoms with van der Waals surface area (Å²) in [5.74, 6) is -1.68. The second kappa shape index (κ2) is 6.73. The van der Waals surface area contributed by atoms with Crippen LogP contribution in [0.3, 0.4) is 0 Å². The Morgan fingerprint density at radius 1 is 0.893 bits per heavy atom. The van der Waals surface area contributed by atoms with E-state index in [1.807, 2.05) is 6.92 Å². The highest BCUT2D eigenvalue weighted by Crippen LogP contribution is 2.44. The van der Waals surface area contributed by atoms with Crippen molar-refractivity contribution in [2.45, 2.75) is 81.8 Å². The lowest BCUT2D eigenvalue weighted by Gasteiger charge is -2.36. The van der Waals surface area contributed by atoms with Crippen molar-refractivity contribution in [3.63, 3.8) is 0 Å². The molecule has 1 aromatic carbocycles. The van der Waals surface area contributed by atoms with Crippen LogP contribution in [0, 0.1) is 6.92 Å². The van der Waals surface area contributed by atoms with Crippen molar-refractivity contribution >= 4 is 10.1 Å². The van der Waals surface area contributed by atoms with E-state index in [0.29, 0.717) is 0 Å². The molecule has 0 radical (unpaired) electrons. The summed E-state index contributed by atoms with van der Waals surface area (Å²) < 4.78 is 60.0. The zero-order valence-corrected chi connectivity index (χ0v) is 17.4. The largest absolute Gasteiger partial charge is 0.342 e. The van der Waals surface area contributed by atoms with Crippen molar-refractivity contribution in [2.75, 3.05) is 6.61 Å². The van der Waals surface area contributed by atoms with Gasteiger partial charge in [-0.25, -0.2) is 0 Å². The number of ether oxygens (including phenoxy) is 5. The summed E-state index contributed by atoms with van der Waals surface area (Å²) in [5.41, 5.74) is 0.961. The Morgan fingerprint density at radius 3 is 2.14 bits per heavy atom. The van der Waals surface area contributed by atoms with Crippen LogP contribution in [0.15, 0.2) is 29.2 Å². The van der Waals surface area contributed by atoms with Gasteiger partial charge in [-0.3, -0.25) is 4.18 Å². The lowest BCUT2D eigenvalue weighted by molar-refractivity contribution is -0.238. The van der Waals surface area contributed by atoms with Crippen LogP contribution in [0.4, 0.5) is 0 Å². The van der Waals surface area contributed by atoms with Crippen LogP contribution in [0.2, 0.25) is 0 Å². The van der Waals surface area contributed by atoms with Crippen LogP contribution in [-0.4, -0.2) is 57.3 Å². The normalized spacial score (nSPS) is 36.1. The molecular weight excluding hydrogens is 388 g/mol. The molecule has 28 heavy (non-hydrogen) atoms. The van der Waals surface area contributed by atoms with Gasteiger partial charge in [-0.1, -0.05) is 17.7 Å². The molecule has 156 valence electrons. The fourth-order valence-electron chi connectivity index (χ4n) is 3.76. The molecule has 0 saturated carbocycles. The Morgan fingerprint density at radius 2 is 1.46 bits per heavy atom. The highest BCUT2D eigenvalue weighted by atomic mass is 32.2. The van der Waals surface area contributed by atoms with Gasteiger partial charge in [-0.2, -0.15) is 8.42 Å². The zero-order valence-electron chi connectivity index (χ0n) is 16.6. The lowest BCUT2D eigenvalue weighted by atomic mass is 9.99. The fraction of sp³-hybridized carbons (Fsp3) is 0.684. The molecular formula is C19H26O8S. The monoisotopic (exact) mass is 414 g/mol. The standard InChI is InChI=1S/C19H26O8S/c1-11-6-8-12(9-7-11)28(20,21)22-10-13-14-15(25-18(2,3)24-14)16-17(23-13)27-19(4,5)26-16/h6-9,13-17H,10H2,1-5H3/t13-,14+,15+,16-,17-/m0/s1. The van der Waals surface area contributed by atoms with Crippen LogP contribution in [0.1, 0.15) is 33.3 Å². The number of fused-ring (bicyclic) bond motifs is 3. The van der Waals surface area contributed by atoms with E-state index in [9.17, 15) is 8.42 Å². The van der Waals surface area contributed by atoms with Gasteiger partial charge in [0.05, 0.1) is 11.5 Å². The maximum atomic E-state index is 12.5. The first-order valence-corrected chi connectivity index (χ1v) is 10.7. The molecule has 3 heterocycles. The maximum Gasteiger partial charge on any atom is 0.297 e. The minimum atomic E-state index is -3.93. The van der Waals surface area contributed by atoms with Crippen molar-refractivity contribution in [1.82, 2.24) is 0 Å². The summed E-state index contributed by atoms with van der Waals surface area (Å²) in [6.07, 6.45) is -2.84. The molecule has 8 nitrogen and oxygen atoms in total. The Balaban J connectivity index is 1.52. The SMILES string of the molecule is Cc1ccc(S(=O)(=O)OC[C@@H]2O[C@H]3OC(C)(C)O[C@H]3[C@@H]3OC(C)(C)O[C@@H]32)cc1. The van der Waals surface area contributed by atoms with Gasteiger partial charge in [0.15, 0.2) is 17.9 Å². The number of hydrogen-bond donors (Lipinski definition) is 0. The molecule has 3 saturated heterocycles. The molecule has 3 fully saturated rings. The smallest absolute Gasteiger partial charge is 0.297 e. The molecule has 0 aliphatic carbocycles. The highest BCUT2D eigenvalue weighted by molar-refractivity contribution is 7.86. The molecule has 0 aromatic heterocycles. The minimum absolute atomic E-state index is 0.0915. The van der Waals surface area contributed by atoms with Crippen LogP contribution >= 0.6 is 0 Å². The second-order valence-electron chi connectivity index (χ2n) is 8.26. The number of rotatable bonds is 4. The molecule has 0 spiro atoms. The summed E-state index contributed by atoms with van der Waals surface area (Å²) in [4.78, 5) is 0.0915. The number of hydrogen-bond acceptors (Lipinski definition) is 8. The molecule has 3 aliphatic rings. The van der Waals surface area contributed by atoms with Gasteiger partial charge in [0, 0.05) is 0 Å². The van der Waals surface area contributed by atoms with Crippen LogP contribution in [0.5, 0.6) is 0 Å². The topological polar surface area (TPSA) is 89.5 Å². The lowest BCUT2D eigenvalue weighted by Crippen LogP contribution is -2.56. The van der Waals surface area contributed by atoms with E-state index in [1.54, 1.807) is 39.8 Å². The average molecular weight is 414 g/mol. The van der Waals surface area contributed by atoms with E-state index in [1.165, 1.54) is 12.1 Å². The van der Waals surface area contributed by atoms with Crippen LogP contribution in [0.25, 0.3) is 0 Å². The van der Waals surface area contributed by atoms with Gasteiger partial charge in [0.25, 0.3) is 10.1 Å². The summed E-state index contributed by atoms with van der Waals surface area (Å²) in [6, 6.07) is 6.46. The van der Waals surface area contributed by atoms with Gasteiger partial charge in [-0.15, -0.1) is 0 Å². The molecule has 9 heteroatoms. The van der Waals surface area contributed by atoms with Gasteiger partial charge < -0.3 is 23.7 Å². The van der Waals surface area contributed by atoms with Gasteiger partial charge in [0.1, 0.15) is 24.4 Å². The first-order chi connectivity index (χ1) is 13.0. The minimum Gasteiger partial charge on any atom is -0.342 e. The summed E-state index contributed by atoms with van der Waals surface area (Å²) in [7, 11) is -3.93.